The maximum absolute atomic E-state index is 6.70. The Kier molecular flexibility index (Phi) is 5.64. The van der Waals surface area contributed by atoms with Crippen LogP contribution in [0, 0.1) is 0 Å². The van der Waals surface area contributed by atoms with Gasteiger partial charge in [0.05, 0.1) is 11.4 Å². The molecular formula is C44H33BN2O. The smallest absolute Gasteiger partial charge is 0.333 e. The highest BCUT2D eigenvalue weighted by Crippen LogP contribution is 2.49. The molecule has 3 nitrogen and oxygen atoms in total. The van der Waals surface area contributed by atoms with Crippen molar-refractivity contribution in [2.75, 3.05) is 9.71 Å². The van der Waals surface area contributed by atoms with Crippen molar-refractivity contribution in [2.24, 2.45) is 0 Å². The molecule has 0 spiro atoms. The summed E-state index contributed by atoms with van der Waals surface area (Å²) in [4.78, 5) is 5.07. The second-order valence-corrected chi connectivity index (χ2v) is 14.1. The van der Waals surface area contributed by atoms with Crippen LogP contribution in [0.4, 0.5) is 28.4 Å². The van der Waals surface area contributed by atoms with Crippen LogP contribution in [-0.4, -0.2) is 6.85 Å². The Morgan fingerprint density at radius 1 is 0.521 bits per heavy atom. The van der Waals surface area contributed by atoms with Gasteiger partial charge < -0.3 is 14.1 Å². The van der Waals surface area contributed by atoms with Crippen molar-refractivity contribution in [1.29, 1.82) is 0 Å². The maximum Gasteiger partial charge on any atom is 0.333 e. The molecular weight excluding hydrogens is 583 g/mol. The normalized spacial score (nSPS) is 13.6. The number of para-hydroxylation sites is 4. The van der Waals surface area contributed by atoms with Gasteiger partial charge >= 0.3 is 6.85 Å². The standard InChI is InChI=1S/C44H33BN2O/c1-44(2,3)34-26-28-14-4-5-15-29(28)27-40(34)46-37-22-10-8-20-35(37)45-42-32(18-12-23-38(42)46)30-16-6-9-21-36(30)47(45)39-24-13-19-33-31-17-7-11-25-41(31)48-43(33)39/h4-27H,1-3H3. The molecule has 48 heavy (non-hydrogen) atoms. The van der Waals surface area contributed by atoms with Crippen LogP contribution in [-0.2, 0) is 5.41 Å². The van der Waals surface area contributed by atoms with Crippen molar-refractivity contribution in [3.8, 4) is 11.1 Å². The highest BCUT2D eigenvalue weighted by molar-refractivity contribution is 6.93. The van der Waals surface area contributed by atoms with E-state index in [0.717, 1.165) is 27.6 Å². The topological polar surface area (TPSA) is 19.6 Å². The second-order valence-electron chi connectivity index (χ2n) is 14.1. The molecule has 8 aromatic rings. The molecule has 0 radical (unpaired) electrons. The van der Waals surface area contributed by atoms with Crippen LogP contribution in [0.1, 0.15) is 26.3 Å². The largest absolute Gasteiger partial charge is 0.454 e. The molecule has 0 N–H and O–H groups in total. The molecule has 2 aliphatic heterocycles. The lowest BCUT2D eigenvalue weighted by atomic mass is 9.43. The minimum Gasteiger partial charge on any atom is -0.454 e. The van der Waals surface area contributed by atoms with Gasteiger partial charge in [0.15, 0.2) is 5.58 Å². The van der Waals surface area contributed by atoms with E-state index in [1.165, 1.54) is 61.1 Å². The molecule has 7 aromatic carbocycles. The van der Waals surface area contributed by atoms with E-state index in [2.05, 4.69) is 170 Å². The van der Waals surface area contributed by atoms with Crippen LogP contribution in [0.15, 0.2) is 150 Å². The molecule has 228 valence electrons. The van der Waals surface area contributed by atoms with Crippen molar-refractivity contribution < 1.29 is 4.42 Å². The zero-order chi connectivity index (χ0) is 32.1. The van der Waals surface area contributed by atoms with Gasteiger partial charge in [0.25, 0.3) is 0 Å². The first-order chi connectivity index (χ1) is 23.5. The predicted molar refractivity (Wildman–Crippen MR) is 204 cm³/mol. The monoisotopic (exact) mass is 616 g/mol. The summed E-state index contributed by atoms with van der Waals surface area (Å²) in [6.45, 7) is 6.92. The highest BCUT2D eigenvalue weighted by atomic mass is 16.3. The van der Waals surface area contributed by atoms with E-state index in [1.54, 1.807) is 0 Å². The molecule has 0 aliphatic carbocycles. The number of fused-ring (bicyclic) bond motifs is 8. The Labute approximate surface area is 280 Å². The van der Waals surface area contributed by atoms with E-state index in [9.17, 15) is 0 Å². The molecule has 2 aliphatic rings. The fourth-order valence-electron chi connectivity index (χ4n) is 8.26. The van der Waals surface area contributed by atoms with Gasteiger partial charge in [-0.05, 0) is 80.7 Å². The number of hydrogen-bond donors (Lipinski definition) is 0. The molecule has 0 saturated heterocycles. The Balaban J connectivity index is 1.31. The van der Waals surface area contributed by atoms with Crippen LogP contribution in [0.2, 0.25) is 0 Å². The zero-order valence-electron chi connectivity index (χ0n) is 27.2. The van der Waals surface area contributed by atoms with E-state index in [-0.39, 0.29) is 12.3 Å². The fourth-order valence-corrected chi connectivity index (χ4v) is 8.26. The van der Waals surface area contributed by atoms with Crippen molar-refractivity contribution >= 4 is 78.9 Å². The lowest BCUT2D eigenvalue weighted by molar-refractivity contribution is 0.592. The highest BCUT2D eigenvalue weighted by Gasteiger charge is 2.45. The molecule has 0 atom stereocenters. The molecule has 0 saturated carbocycles. The summed E-state index contributed by atoms with van der Waals surface area (Å²) in [6.07, 6.45) is 0. The summed E-state index contributed by atoms with van der Waals surface area (Å²) in [5, 5.41) is 4.79. The van der Waals surface area contributed by atoms with E-state index in [4.69, 9.17) is 4.42 Å². The van der Waals surface area contributed by atoms with Crippen molar-refractivity contribution in [3.05, 3.63) is 151 Å². The summed E-state index contributed by atoms with van der Waals surface area (Å²) in [7, 11) is 0. The Morgan fingerprint density at radius 2 is 1.15 bits per heavy atom. The van der Waals surface area contributed by atoms with Gasteiger partial charge in [-0.15, -0.1) is 0 Å². The molecule has 0 fully saturated rings. The summed E-state index contributed by atoms with van der Waals surface area (Å²) >= 11 is 0. The van der Waals surface area contributed by atoms with Gasteiger partial charge in [-0.1, -0.05) is 124 Å². The fraction of sp³-hybridized carbons (Fsp3) is 0.0909. The molecule has 3 heterocycles. The molecule has 1 aromatic heterocycles. The second kappa shape index (κ2) is 9.89. The minimum absolute atomic E-state index is 0.0593. The number of rotatable bonds is 2. The Morgan fingerprint density at radius 3 is 2.00 bits per heavy atom. The lowest BCUT2D eigenvalue weighted by Crippen LogP contribution is -2.61. The third kappa shape index (κ3) is 3.77. The van der Waals surface area contributed by atoms with Crippen molar-refractivity contribution in [3.63, 3.8) is 0 Å². The number of nitrogens with zero attached hydrogens (tertiary/aromatic N) is 2. The van der Waals surface area contributed by atoms with E-state index >= 15 is 0 Å². The SMILES string of the molecule is CC(C)(C)c1cc2ccccc2cc1N1c2ccccc2B2c3c(cccc31)-c1ccccc1N2c1cccc2c1oc1ccccc12. The van der Waals surface area contributed by atoms with Crippen molar-refractivity contribution in [1.82, 2.24) is 0 Å². The summed E-state index contributed by atoms with van der Waals surface area (Å²) < 4.78 is 6.70. The molecule has 0 bridgehead atoms. The average molecular weight is 617 g/mol. The van der Waals surface area contributed by atoms with Gasteiger partial charge in [-0.3, -0.25) is 0 Å². The molecule has 0 amide bonds. The first kappa shape index (κ1) is 27.4. The van der Waals surface area contributed by atoms with Gasteiger partial charge in [0.1, 0.15) is 5.58 Å². The minimum atomic E-state index is -0.0738. The quantitative estimate of drug-likeness (QED) is 0.180. The third-order valence-corrected chi connectivity index (χ3v) is 10.3. The number of hydrogen-bond acceptors (Lipinski definition) is 3. The van der Waals surface area contributed by atoms with Gasteiger partial charge in [-0.2, -0.15) is 0 Å². The Hall–Kier alpha value is -5.74. The van der Waals surface area contributed by atoms with Gasteiger partial charge in [0, 0.05) is 33.4 Å². The number of benzene rings is 7. The van der Waals surface area contributed by atoms with Gasteiger partial charge in [0.2, 0.25) is 0 Å². The average Bonchev–Trinajstić information content (AvgIpc) is 3.50. The summed E-state index contributed by atoms with van der Waals surface area (Å²) in [5.41, 5.74) is 14.1. The summed E-state index contributed by atoms with van der Waals surface area (Å²) in [6, 6.07) is 53.2. The van der Waals surface area contributed by atoms with Gasteiger partial charge in [-0.25, -0.2) is 0 Å². The van der Waals surface area contributed by atoms with Crippen LogP contribution in [0.3, 0.4) is 0 Å². The van der Waals surface area contributed by atoms with E-state index in [0.29, 0.717) is 0 Å². The molecule has 10 rings (SSSR count). The molecule has 4 heteroatoms. The molecule has 0 unspecified atom stereocenters. The first-order valence-electron chi connectivity index (χ1n) is 16.8. The first-order valence-corrected chi connectivity index (χ1v) is 16.8. The van der Waals surface area contributed by atoms with Crippen molar-refractivity contribution in [2.45, 2.75) is 26.2 Å². The predicted octanol–water partition coefficient (Wildman–Crippen LogP) is 10.7. The summed E-state index contributed by atoms with van der Waals surface area (Å²) in [5.74, 6) is 0. The Bertz CT molecular complexity index is 2590. The van der Waals surface area contributed by atoms with E-state index in [1.807, 2.05) is 6.07 Å². The third-order valence-electron chi connectivity index (χ3n) is 10.3. The van der Waals surface area contributed by atoms with E-state index < -0.39 is 0 Å². The zero-order valence-corrected chi connectivity index (χ0v) is 27.2. The maximum atomic E-state index is 6.70. The van der Waals surface area contributed by atoms with Crippen LogP contribution >= 0.6 is 0 Å². The van der Waals surface area contributed by atoms with Crippen LogP contribution < -0.4 is 20.6 Å². The number of furan rings is 1. The lowest BCUT2D eigenvalue weighted by Gasteiger charge is -2.46. The number of anilines is 5. The van der Waals surface area contributed by atoms with Crippen LogP contribution in [0.25, 0.3) is 43.8 Å². The van der Waals surface area contributed by atoms with Crippen LogP contribution in [0.5, 0.6) is 0 Å².